The van der Waals surface area contributed by atoms with Crippen molar-refractivity contribution in [3.8, 4) is 0 Å². The molecule has 1 fully saturated rings. The molecule has 0 aliphatic carbocycles. The van der Waals surface area contributed by atoms with Crippen LogP contribution in [0.25, 0.3) is 0 Å². The number of imide groups is 1. The fourth-order valence-corrected chi connectivity index (χ4v) is 1.53. The van der Waals surface area contributed by atoms with Gasteiger partial charge in [-0.2, -0.15) is 13.5 Å². The summed E-state index contributed by atoms with van der Waals surface area (Å²) in [5.74, 6) is -2.36. The molecule has 0 bridgehead atoms. The third kappa shape index (κ3) is 2.48. The molecule has 1 saturated heterocycles. The van der Waals surface area contributed by atoms with Crippen molar-refractivity contribution in [2.45, 2.75) is 11.7 Å². The first-order chi connectivity index (χ1) is 5.34. The number of hydrogen-bond donors (Lipinski definition) is 2. The Morgan fingerprint density at radius 3 is 2.00 bits per heavy atom. The van der Waals surface area contributed by atoms with Crippen LogP contribution in [0.4, 0.5) is 0 Å². The molecule has 0 aromatic carbocycles. The van der Waals surface area contributed by atoms with Gasteiger partial charge in [-0.1, -0.05) is 0 Å². The largest absolute Gasteiger partial charge is 1.00 e. The number of hydroxylamine groups is 2. The molecule has 0 aromatic rings. The molecule has 0 spiro atoms. The number of amides is 2. The zero-order valence-corrected chi connectivity index (χ0v) is 9.48. The van der Waals surface area contributed by atoms with E-state index in [1.54, 1.807) is 0 Å². The van der Waals surface area contributed by atoms with Gasteiger partial charge in [-0.3, -0.25) is 19.3 Å². The molecule has 9 heteroatoms. The van der Waals surface area contributed by atoms with Crippen LogP contribution < -0.4 is 29.6 Å². The molecule has 7 nitrogen and oxygen atoms in total. The summed E-state index contributed by atoms with van der Waals surface area (Å²) in [7, 11) is -4.59. The van der Waals surface area contributed by atoms with Gasteiger partial charge in [0, 0.05) is 0 Å². The van der Waals surface area contributed by atoms with Crippen molar-refractivity contribution in [1.29, 1.82) is 0 Å². The van der Waals surface area contributed by atoms with Gasteiger partial charge in [0.15, 0.2) is 5.25 Å². The van der Waals surface area contributed by atoms with Crippen molar-refractivity contribution >= 4 is 21.9 Å². The van der Waals surface area contributed by atoms with Crippen LogP contribution in [0.15, 0.2) is 0 Å². The predicted molar refractivity (Wildman–Crippen MR) is 33.6 cm³/mol. The average molecular weight is 218 g/mol. The summed E-state index contributed by atoms with van der Waals surface area (Å²) in [4.78, 5) is 21.2. The number of carbonyl (C=O) groups excluding carboxylic acids is 2. The van der Waals surface area contributed by atoms with E-state index < -0.39 is 33.6 Å². The Morgan fingerprint density at radius 1 is 1.38 bits per heavy atom. The van der Waals surface area contributed by atoms with E-state index in [0.717, 1.165) is 0 Å². The van der Waals surface area contributed by atoms with E-state index in [-0.39, 0.29) is 34.6 Å². The van der Waals surface area contributed by atoms with E-state index in [9.17, 15) is 18.0 Å². The van der Waals surface area contributed by atoms with Crippen LogP contribution in [0.5, 0.6) is 0 Å². The fourth-order valence-electron chi connectivity index (χ4n) is 0.824. The molecule has 1 rings (SSSR count). The Bertz CT molecular complexity index is 337. The molecular weight excluding hydrogens is 213 g/mol. The summed E-state index contributed by atoms with van der Waals surface area (Å²) in [5, 5.41) is 6.40. The summed E-state index contributed by atoms with van der Waals surface area (Å²) >= 11 is 0. The second-order valence-corrected chi connectivity index (χ2v) is 3.85. The van der Waals surface area contributed by atoms with Gasteiger partial charge in [0.05, 0.1) is 6.42 Å². The standard InChI is InChI=1S/C4H5NO6S.Na/c6-3-1-2(12(9,10)11)4(7)5(3)8;/h2,8H,1H2,(H,9,10,11);/q;+1. The van der Waals surface area contributed by atoms with Crippen LogP contribution in [0.1, 0.15) is 6.42 Å². The van der Waals surface area contributed by atoms with Gasteiger partial charge in [-0.15, -0.1) is 0 Å². The van der Waals surface area contributed by atoms with E-state index in [1.165, 1.54) is 0 Å². The van der Waals surface area contributed by atoms with Crippen molar-refractivity contribution in [3.05, 3.63) is 0 Å². The first-order valence-electron chi connectivity index (χ1n) is 2.86. The molecule has 13 heavy (non-hydrogen) atoms. The average Bonchev–Trinajstić information content (AvgIpc) is 2.15. The molecule has 1 heterocycles. The van der Waals surface area contributed by atoms with E-state index in [4.69, 9.17) is 9.76 Å². The third-order valence-electron chi connectivity index (χ3n) is 1.44. The van der Waals surface area contributed by atoms with Crippen molar-refractivity contribution in [3.63, 3.8) is 0 Å². The van der Waals surface area contributed by atoms with Gasteiger partial charge in [-0.25, -0.2) is 0 Å². The number of rotatable bonds is 1. The van der Waals surface area contributed by atoms with Gasteiger partial charge < -0.3 is 0 Å². The van der Waals surface area contributed by atoms with Gasteiger partial charge in [0.1, 0.15) is 0 Å². The minimum atomic E-state index is -4.59. The zero-order chi connectivity index (χ0) is 9.52. The quantitative estimate of drug-likeness (QED) is 0.198. The Hall–Kier alpha value is 0.0100. The van der Waals surface area contributed by atoms with Gasteiger partial charge in [-0.05, 0) is 0 Å². The van der Waals surface area contributed by atoms with E-state index in [0.29, 0.717) is 0 Å². The van der Waals surface area contributed by atoms with Crippen LogP contribution in [0, 0.1) is 0 Å². The minimum Gasteiger partial charge on any atom is -0.285 e. The second kappa shape index (κ2) is 4.03. The Morgan fingerprint density at radius 2 is 1.85 bits per heavy atom. The molecule has 68 valence electrons. The molecule has 2 N–H and O–H groups in total. The normalized spacial score (nSPS) is 23.2. The smallest absolute Gasteiger partial charge is 0.285 e. The fraction of sp³-hybridized carbons (Fsp3) is 0.500. The molecular formula is C4H5NNaO6S+. The monoisotopic (exact) mass is 218 g/mol. The Kier molecular flexibility index (Phi) is 4.03. The van der Waals surface area contributed by atoms with Crippen LogP contribution in [-0.2, 0) is 19.7 Å². The van der Waals surface area contributed by atoms with Gasteiger partial charge in [0.2, 0.25) is 0 Å². The molecule has 0 aromatic heterocycles. The van der Waals surface area contributed by atoms with Crippen LogP contribution in [-0.4, -0.2) is 40.3 Å². The van der Waals surface area contributed by atoms with Gasteiger partial charge >= 0.3 is 29.6 Å². The summed E-state index contributed by atoms with van der Waals surface area (Å²) in [6.45, 7) is 0. The summed E-state index contributed by atoms with van der Waals surface area (Å²) in [5.41, 5.74) is 0. The maximum Gasteiger partial charge on any atom is 1.00 e. The summed E-state index contributed by atoms with van der Waals surface area (Å²) in [6, 6.07) is 0. The maximum absolute atomic E-state index is 10.7. The molecule has 0 radical (unpaired) electrons. The predicted octanol–water partition coefficient (Wildman–Crippen LogP) is -4.61. The van der Waals surface area contributed by atoms with Crippen molar-refractivity contribution < 1.29 is 57.3 Å². The van der Waals surface area contributed by atoms with Crippen molar-refractivity contribution in [2.24, 2.45) is 0 Å². The van der Waals surface area contributed by atoms with Crippen LogP contribution in [0.3, 0.4) is 0 Å². The summed E-state index contributed by atoms with van der Waals surface area (Å²) in [6.07, 6.45) is -0.714. The molecule has 2 amide bonds. The molecule has 0 saturated carbocycles. The van der Waals surface area contributed by atoms with Gasteiger partial charge in [0.25, 0.3) is 21.9 Å². The molecule has 1 aliphatic rings. The molecule has 1 unspecified atom stereocenters. The van der Waals surface area contributed by atoms with Crippen LogP contribution >= 0.6 is 0 Å². The Balaban J connectivity index is 0.00000144. The van der Waals surface area contributed by atoms with E-state index in [1.807, 2.05) is 0 Å². The Labute approximate surface area is 95.7 Å². The number of carbonyl (C=O) groups is 2. The summed E-state index contributed by atoms with van der Waals surface area (Å²) < 4.78 is 29.1. The first kappa shape index (κ1) is 13.0. The SMILES string of the molecule is O=C1CC(S(=O)(=O)O)C(=O)N1O.[Na+]. The number of nitrogens with zero attached hydrogens (tertiary/aromatic N) is 1. The zero-order valence-electron chi connectivity index (χ0n) is 6.67. The van der Waals surface area contributed by atoms with Crippen LogP contribution in [0.2, 0.25) is 0 Å². The second-order valence-electron chi connectivity index (χ2n) is 2.25. The molecule has 1 atom stereocenters. The third-order valence-corrected chi connectivity index (χ3v) is 2.53. The number of hydrogen-bond acceptors (Lipinski definition) is 5. The first-order valence-corrected chi connectivity index (χ1v) is 4.36. The topological polar surface area (TPSA) is 112 Å². The molecule has 1 aliphatic heterocycles. The van der Waals surface area contributed by atoms with E-state index in [2.05, 4.69) is 0 Å². The van der Waals surface area contributed by atoms with E-state index >= 15 is 0 Å². The maximum atomic E-state index is 10.7. The van der Waals surface area contributed by atoms with Crippen molar-refractivity contribution in [2.75, 3.05) is 0 Å². The van der Waals surface area contributed by atoms with Crippen molar-refractivity contribution in [1.82, 2.24) is 5.06 Å². The minimum absolute atomic E-state index is 0.